The monoisotopic (exact) mass is 458 g/mol. The van der Waals surface area contributed by atoms with Crippen LogP contribution in [0.25, 0.3) is 22.6 Å². The molecular formula is C26H30N6O2. The van der Waals surface area contributed by atoms with Crippen molar-refractivity contribution >= 4 is 34.6 Å². The highest BCUT2D eigenvalue weighted by atomic mass is 16.1. The number of anilines is 2. The molecule has 0 saturated carbocycles. The fourth-order valence-electron chi connectivity index (χ4n) is 4.40. The van der Waals surface area contributed by atoms with E-state index in [0.29, 0.717) is 5.56 Å². The van der Waals surface area contributed by atoms with Crippen molar-refractivity contribution in [1.29, 1.82) is 0 Å². The van der Waals surface area contributed by atoms with Crippen molar-refractivity contribution in [3.8, 4) is 11.5 Å². The van der Waals surface area contributed by atoms with E-state index in [1.165, 1.54) is 12.8 Å². The number of carbonyl (C=O) groups is 2. The van der Waals surface area contributed by atoms with E-state index in [-0.39, 0.29) is 5.78 Å². The van der Waals surface area contributed by atoms with Gasteiger partial charge < -0.3 is 20.2 Å². The summed E-state index contributed by atoms with van der Waals surface area (Å²) < 4.78 is 0. The van der Waals surface area contributed by atoms with Crippen molar-refractivity contribution in [2.24, 2.45) is 0 Å². The van der Waals surface area contributed by atoms with Crippen LogP contribution in [0.1, 0.15) is 51.7 Å². The molecule has 1 fully saturated rings. The number of aryl methyl sites for hydroxylation is 1. The molecule has 5 rings (SSSR count). The average molecular weight is 459 g/mol. The maximum Gasteiger partial charge on any atom is 0.161 e. The second kappa shape index (κ2) is 9.91. The number of rotatable bonds is 5. The van der Waals surface area contributed by atoms with Crippen LogP contribution in [0.5, 0.6) is 0 Å². The second-order valence-electron chi connectivity index (χ2n) is 8.51. The molecule has 0 radical (unpaired) electrons. The first-order chi connectivity index (χ1) is 16.4. The molecule has 0 bridgehead atoms. The Morgan fingerprint density at radius 2 is 1.88 bits per heavy atom. The first-order valence-corrected chi connectivity index (χ1v) is 11.5. The van der Waals surface area contributed by atoms with Crippen LogP contribution >= 0.6 is 0 Å². The molecular weight excluding hydrogens is 428 g/mol. The van der Waals surface area contributed by atoms with Gasteiger partial charge in [0.25, 0.3) is 0 Å². The molecule has 0 atom stereocenters. The maximum atomic E-state index is 11.7. The first-order valence-electron chi connectivity index (χ1n) is 11.5. The average Bonchev–Trinajstić information content (AvgIpc) is 3.58. The number of ketones is 1. The third-order valence-corrected chi connectivity index (χ3v) is 6.13. The van der Waals surface area contributed by atoms with Gasteiger partial charge in [0.15, 0.2) is 17.9 Å². The lowest BCUT2D eigenvalue weighted by molar-refractivity contribution is 0.101. The van der Waals surface area contributed by atoms with Crippen LogP contribution in [0.2, 0.25) is 0 Å². The van der Waals surface area contributed by atoms with Gasteiger partial charge in [-0.05, 0) is 69.5 Å². The standard InChI is InChI=1S/C16H18N4O.C10H12N2O/c1-8-14(10(3)21)9(2)18-15(8)16-19-12-6-5-11(17-4)7-13(12)20-16;13-8-9-3-4-10(11-7-9)12-5-1-2-6-12/h5-7,17-18H,1-4H3,(H,19,20);3-4,7-8H,1-2,5-6H2. The van der Waals surface area contributed by atoms with E-state index < -0.39 is 0 Å². The molecule has 0 aliphatic carbocycles. The number of pyridine rings is 1. The Morgan fingerprint density at radius 3 is 2.47 bits per heavy atom. The second-order valence-corrected chi connectivity index (χ2v) is 8.51. The first kappa shape index (κ1) is 23.2. The Bertz CT molecular complexity index is 1310. The Morgan fingerprint density at radius 1 is 1.12 bits per heavy atom. The van der Waals surface area contributed by atoms with Crippen molar-refractivity contribution < 1.29 is 9.59 Å². The minimum Gasteiger partial charge on any atom is -0.388 e. The van der Waals surface area contributed by atoms with Gasteiger partial charge in [-0.25, -0.2) is 9.97 Å². The van der Waals surface area contributed by atoms with Crippen molar-refractivity contribution in [2.75, 3.05) is 30.4 Å². The van der Waals surface area contributed by atoms with E-state index in [1.807, 2.05) is 51.2 Å². The summed E-state index contributed by atoms with van der Waals surface area (Å²) in [6.07, 6.45) is 4.94. The summed E-state index contributed by atoms with van der Waals surface area (Å²) in [5, 5.41) is 3.11. The number of fused-ring (bicyclic) bond motifs is 1. The molecule has 1 aromatic carbocycles. The maximum absolute atomic E-state index is 11.7. The molecule has 1 aliphatic rings. The summed E-state index contributed by atoms with van der Waals surface area (Å²) in [6, 6.07) is 9.70. The Labute approximate surface area is 198 Å². The van der Waals surface area contributed by atoms with E-state index in [4.69, 9.17) is 0 Å². The quantitative estimate of drug-likeness (QED) is 0.290. The summed E-state index contributed by atoms with van der Waals surface area (Å²) in [4.78, 5) is 39.8. The molecule has 34 heavy (non-hydrogen) atoms. The molecule has 176 valence electrons. The van der Waals surface area contributed by atoms with E-state index in [2.05, 4.69) is 30.2 Å². The lowest BCUT2D eigenvalue weighted by Gasteiger charge is -2.15. The van der Waals surface area contributed by atoms with Gasteiger partial charge in [0.1, 0.15) is 5.82 Å². The normalized spacial score (nSPS) is 13.0. The molecule has 0 spiro atoms. The van der Waals surface area contributed by atoms with Crippen molar-refractivity contribution in [1.82, 2.24) is 19.9 Å². The van der Waals surface area contributed by atoms with Gasteiger partial charge in [-0.1, -0.05) is 0 Å². The highest BCUT2D eigenvalue weighted by molar-refractivity contribution is 5.98. The zero-order valence-electron chi connectivity index (χ0n) is 20.0. The van der Waals surface area contributed by atoms with Crippen molar-refractivity contribution in [3.05, 3.63) is 58.9 Å². The smallest absolute Gasteiger partial charge is 0.161 e. The Kier molecular flexibility index (Phi) is 6.77. The molecule has 3 N–H and O–H groups in total. The number of aldehydes is 1. The summed E-state index contributed by atoms with van der Waals surface area (Å²) in [6.45, 7) is 7.63. The van der Waals surface area contributed by atoms with Gasteiger partial charge >= 0.3 is 0 Å². The van der Waals surface area contributed by atoms with E-state index >= 15 is 0 Å². The van der Waals surface area contributed by atoms with Crippen LogP contribution in [0.15, 0.2) is 36.5 Å². The number of aromatic amines is 2. The predicted octanol–water partition coefficient (Wildman–Crippen LogP) is 4.91. The molecule has 0 unspecified atom stereocenters. The number of hydrogen-bond acceptors (Lipinski definition) is 6. The van der Waals surface area contributed by atoms with Crippen molar-refractivity contribution in [2.45, 2.75) is 33.6 Å². The van der Waals surface area contributed by atoms with Crippen LogP contribution in [0.3, 0.4) is 0 Å². The number of benzene rings is 1. The van der Waals surface area contributed by atoms with E-state index in [9.17, 15) is 9.59 Å². The topological polar surface area (TPSA) is 107 Å². The lowest BCUT2D eigenvalue weighted by Crippen LogP contribution is -2.18. The molecule has 1 aliphatic heterocycles. The van der Waals surface area contributed by atoms with Gasteiger partial charge in [-0.15, -0.1) is 0 Å². The Hall–Kier alpha value is -3.94. The molecule has 1 saturated heterocycles. The van der Waals surface area contributed by atoms with Crippen LogP contribution in [-0.4, -0.2) is 52.1 Å². The van der Waals surface area contributed by atoms with Crippen LogP contribution < -0.4 is 10.2 Å². The number of nitrogens with zero attached hydrogens (tertiary/aromatic N) is 3. The zero-order chi connectivity index (χ0) is 24.2. The predicted molar refractivity (Wildman–Crippen MR) is 136 cm³/mol. The Balaban J connectivity index is 0.000000180. The minimum absolute atomic E-state index is 0.0704. The molecule has 8 nitrogen and oxygen atoms in total. The summed E-state index contributed by atoms with van der Waals surface area (Å²) in [5.74, 6) is 1.82. The number of carbonyl (C=O) groups excluding carboxylic acids is 2. The third-order valence-electron chi connectivity index (χ3n) is 6.13. The number of nitrogens with one attached hydrogen (secondary N) is 3. The van der Waals surface area contributed by atoms with E-state index in [1.54, 1.807) is 13.1 Å². The molecule has 4 heterocycles. The summed E-state index contributed by atoms with van der Waals surface area (Å²) >= 11 is 0. The summed E-state index contributed by atoms with van der Waals surface area (Å²) in [5.41, 5.74) is 6.98. The van der Waals surface area contributed by atoms with Gasteiger partial charge in [0, 0.05) is 48.8 Å². The highest BCUT2D eigenvalue weighted by Crippen LogP contribution is 2.28. The number of imidazole rings is 1. The number of aromatic nitrogens is 4. The van der Waals surface area contributed by atoms with E-state index in [0.717, 1.165) is 70.3 Å². The van der Waals surface area contributed by atoms with Crippen molar-refractivity contribution in [3.63, 3.8) is 0 Å². The number of hydrogen-bond donors (Lipinski definition) is 3. The van der Waals surface area contributed by atoms with Gasteiger partial charge in [-0.2, -0.15) is 0 Å². The molecule has 0 amide bonds. The van der Waals surface area contributed by atoms with Gasteiger partial charge in [-0.3, -0.25) is 9.59 Å². The molecule has 8 heteroatoms. The van der Waals surface area contributed by atoms with Crippen LogP contribution in [0.4, 0.5) is 11.5 Å². The number of H-pyrrole nitrogens is 2. The minimum atomic E-state index is 0.0704. The number of Topliss-reactive ketones (excluding diaryl/α,β-unsaturated/α-hetero) is 1. The fraction of sp³-hybridized carbons (Fsp3) is 0.308. The summed E-state index contributed by atoms with van der Waals surface area (Å²) in [7, 11) is 1.88. The molecule has 4 aromatic rings. The highest BCUT2D eigenvalue weighted by Gasteiger charge is 2.18. The SMILES string of the molecule is CNc1ccc2nc(-c3[nH]c(C)c(C(C)=O)c3C)[nH]c2c1.O=Cc1ccc(N2CCCC2)nc1. The molecule has 3 aromatic heterocycles. The van der Waals surface area contributed by atoms with Gasteiger partial charge in [0.2, 0.25) is 0 Å². The fourth-order valence-corrected chi connectivity index (χ4v) is 4.40. The van der Waals surface area contributed by atoms with Gasteiger partial charge in [0.05, 0.1) is 16.7 Å². The largest absolute Gasteiger partial charge is 0.388 e. The lowest BCUT2D eigenvalue weighted by atomic mass is 10.1. The van der Waals surface area contributed by atoms with Crippen LogP contribution in [0, 0.1) is 13.8 Å². The third kappa shape index (κ3) is 4.71. The zero-order valence-corrected chi connectivity index (χ0v) is 20.0. The van der Waals surface area contributed by atoms with Crippen LogP contribution in [-0.2, 0) is 0 Å².